The Hall–Kier alpha value is -1.44. The molecule has 1 heterocycles. The normalized spacial score (nSPS) is 21.1. The van der Waals surface area contributed by atoms with E-state index in [4.69, 9.17) is 0 Å². The second-order valence-corrected chi connectivity index (χ2v) is 8.18. The molecule has 4 N–H and O–H groups in total. The number of carbonyl (C=O) groups is 2. The van der Waals surface area contributed by atoms with Gasteiger partial charge < -0.3 is 20.4 Å². The number of nitrogens with one attached hydrogen (secondary N) is 4. The van der Waals surface area contributed by atoms with Crippen LogP contribution in [0, 0.1) is 6.92 Å². The second kappa shape index (κ2) is 10.0. The van der Waals surface area contributed by atoms with Gasteiger partial charge in [0.15, 0.2) is 13.1 Å². The quantitative estimate of drug-likeness (QED) is 0.470. The van der Waals surface area contributed by atoms with Crippen LogP contribution in [0.5, 0.6) is 0 Å². The van der Waals surface area contributed by atoms with E-state index < -0.39 is 0 Å². The number of likely N-dealkylation sites (tertiary alicyclic amines) is 1. The van der Waals surface area contributed by atoms with E-state index in [-0.39, 0.29) is 24.4 Å². The van der Waals surface area contributed by atoms with Crippen LogP contribution in [0.15, 0.2) is 22.7 Å². The van der Waals surface area contributed by atoms with E-state index >= 15 is 0 Å². The SMILES string of the molecule is CC[NH+]1CCC(NC(=O)C[NH+](C)CC(=O)Nc2ccc(Br)cc2C)CC1. The number of halogens is 1. The molecule has 1 aliphatic rings. The van der Waals surface area contributed by atoms with E-state index in [0.717, 1.165) is 53.1 Å². The minimum absolute atomic E-state index is 0.0278. The number of anilines is 1. The van der Waals surface area contributed by atoms with E-state index in [0.29, 0.717) is 6.54 Å². The van der Waals surface area contributed by atoms with Crippen LogP contribution in [0.1, 0.15) is 25.3 Å². The summed E-state index contributed by atoms with van der Waals surface area (Å²) >= 11 is 3.42. The summed E-state index contributed by atoms with van der Waals surface area (Å²) in [4.78, 5) is 26.9. The topological polar surface area (TPSA) is 67.1 Å². The molecule has 0 spiro atoms. The first kappa shape index (κ1) is 20.9. The van der Waals surface area contributed by atoms with Crippen molar-refractivity contribution in [2.45, 2.75) is 32.7 Å². The van der Waals surface area contributed by atoms with Crippen molar-refractivity contribution in [3.8, 4) is 0 Å². The van der Waals surface area contributed by atoms with Crippen LogP contribution in [-0.2, 0) is 9.59 Å². The summed E-state index contributed by atoms with van der Waals surface area (Å²) in [5, 5.41) is 6.04. The Balaban J connectivity index is 1.72. The van der Waals surface area contributed by atoms with Crippen molar-refractivity contribution >= 4 is 33.4 Å². The molecule has 144 valence electrons. The standard InChI is InChI=1S/C19H29BrN4O2/c1-4-24-9-7-16(8-10-24)21-18(25)12-23(3)13-19(26)22-17-6-5-15(20)11-14(17)2/h5-6,11,16H,4,7-10,12-13H2,1-3H3,(H,21,25)(H,22,26)/p+2. The number of hydrogen-bond donors (Lipinski definition) is 4. The van der Waals surface area contributed by atoms with Gasteiger partial charge in [-0.05, 0) is 37.6 Å². The summed E-state index contributed by atoms with van der Waals surface area (Å²) in [7, 11) is 1.87. The first-order chi connectivity index (χ1) is 12.4. The van der Waals surface area contributed by atoms with E-state index in [1.165, 1.54) is 0 Å². The average Bonchev–Trinajstić information content (AvgIpc) is 2.57. The molecule has 0 aromatic heterocycles. The first-order valence-corrected chi connectivity index (χ1v) is 10.2. The predicted octanol–water partition coefficient (Wildman–Crippen LogP) is -0.606. The van der Waals surface area contributed by atoms with Crippen molar-refractivity contribution in [1.82, 2.24) is 5.32 Å². The molecule has 1 saturated heterocycles. The summed E-state index contributed by atoms with van der Waals surface area (Å²) in [6.45, 7) is 8.14. The van der Waals surface area contributed by atoms with Crippen LogP contribution in [0.3, 0.4) is 0 Å². The number of amides is 2. The molecule has 0 saturated carbocycles. The second-order valence-electron chi connectivity index (χ2n) is 7.26. The summed E-state index contributed by atoms with van der Waals surface area (Å²) < 4.78 is 0.985. The third-order valence-electron chi connectivity index (χ3n) is 4.95. The fourth-order valence-electron chi connectivity index (χ4n) is 3.38. The number of likely N-dealkylation sites (N-methyl/N-ethyl adjacent to an activating group) is 1. The molecule has 26 heavy (non-hydrogen) atoms. The summed E-state index contributed by atoms with van der Waals surface area (Å²) in [6, 6.07) is 6.03. The lowest BCUT2D eigenvalue weighted by Crippen LogP contribution is -3.13. The van der Waals surface area contributed by atoms with Gasteiger partial charge in [0.25, 0.3) is 11.8 Å². The molecular formula is C19H31BrN4O2+2. The van der Waals surface area contributed by atoms with Crippen LogP contribution in [0.4, 0.5) is 5.69 Å². The van der Waals surface area contributed by atoms with Crippen LogP contribution in [0.25, 0.3) is 0 Å². The minimum Gasteiger partial charge on any atom is -0.348 e. The Morgan fingerprint density at radius 2 is 1.88 bits per heavy atom. The highest BCUT2D eigenvalue weighted by atomic mass is 79.9. The van der Waals surface area contributed by atoms with E-state index in [2.05, 4.69) is 33.5 Å². The van der Waals surface area contributed by atoms with Crippen molar-refractivity contribution in [3.63, 3.8) is 0 Å². The van der Waals surface area contributed by atoms with Crippen molar-refractivity contribution < 1.29 is 19.4 Å². The monoisotopic (exact) mass is 426 g/mol. The van der Waals surface area contributed by atoms with Crippen molar-refractivity contribution in [2.24, 2.45) is 0 Å². The molecule has 0 bridgehead atoms. The fraction of sp³-hybridized carbons (Fsp3) is 0.579. The van der Waals surface area contributed by atoms with Gasteiger partial charge in [-0.15, -0.1) is 0 Å². The maximum atomic E-state index is 12.2. The predicted molar refractivity (Wildman–Crippen MR) is 107 cm³/mol. The van der Waals surface area contributed by atoms with Gasteiger partial charge in [-0.2, -0.15) is 0 Å². The Morgan fingerprint density at radius 1 is 1.23 bits per heavy atom. The Bertz CT molecular complexity index is 630. The Labute approximate surface area is 164 Å². The Kier molecular flexibility index (Phi) is 8.06. The maximum absolute atomic E-state index is 12.2. The molecule has 6 nitrogen and oxygen atoms in total. The van der Waals surface area contributed by atoms with Crippen LogP contribution in [-0.4, -0.2) is 57.6 Å². The Morgan fingerprint density at radius 3 is 2.50 bits per heavy atom. The number of quaternary nitrogens is 2. The van der Waals surface area contributed by atoms with Gasteiger partial charge in [0, 0.05) is 29.0 Å². The van der Waals surface area contributed by atoms with Gasteiger partial charge in [-0.1, -0.05) is 15.9 Å². The molecule has 2 amide bonds. The van der Waals surface area contributed by atoms with Gasteiger partial charge >= 0.3 is 0 Å². The number of rotatable bonds is 7. The third kappa shape index (κ3) is 6.70. The zero-order chi connectivity index (χ0) is 19.1. The number of carbonyl (C=O) groups excluding carboxylic acids is 2. The molecular weight excluding hydrogens is 396 g/mol. The lowest BCUT2D eigenvalue weighted by Gasteiger charge is -2.29. The molecule has 1 fully saturated rings. The largest absolute Gasteiger partial charge is 0.348 e. The zero-order valence-corrected chi connectivity index (χ0v) is 17.5. The van der Waals surface area contributed by atoms with Crippen LogP contribution in [0.2, 0.25) is 0 Å². The summed E-state index contributed by atoms with van der Waals surface area (Å²) in [5.74, 6) is -0.0550. The van der Waals surface area contributed by atoms with Crippen molar-refractivity contribution in [2.75, 3.05) is 45.1 Å². The molecule has 1 aromatic carbocycles. The summed E-state index contributed by atoms with van der Waals surface area (Å²) in [6.07, 6.45) is 2.08. The summed E-state index contributed by atoms with van der Waals surface area (Å²) in [5.41, 5.74) is 1.81. The maximum Gasteiger partial charge on any atom is 0.279 e. The number of aryl methyl sites for hydroxylation is 1. The molecule has 0 aliphatic carbocycles. The van der Waals surface area contributed by atoms with Gasteiger partial charge in [-0.3, -0.25) is 9.59 Å². The average molecular weight is 427 g/mol. The molecule has 2 rings (SSSR count). The van der Waals surface area contributed by atoms with Gasteiger partial charge in [0.1, 0.15) is 0 Å². The van der Waals surface area contributed by atoms with Crippen molar-refractivity contribution in [3.05, 3.63) is 28.2 Å². The minimum atomic E-state index is -0.0828. The highest BCUT2D eigenvalue weighted by Crippen LogP contribution is 2.19. The molecule has 1 unspecified atom stereocenters. The molecule has 0 radical (unpaired) electrons. The first-order valence-electron chi connectivity index (χ1n) is 9.37. The highest BCUT2D eigenvalue weighted by molar-refractivity contribution is 9.10. The zero-order valence-electron chi connectivity index (χ0n) is 16.0. The van der Waals surface area contributed by atoms with E-state index in [9.17, 15) is 9.59 Å². The molecule has 7 heteroatoms. The third-order valence-corrected chi connectivity index (χ3v) is 5.44. The number of hydrogen-bond acceptors (Lipinski definition) is 2. The van der Waals surface area contributed by atoms with Crippen LogP contribution < -0.4 is 20.4 Å². The molecule has 1 aliphatic heterocycles. The van der Waals surface area contributed by atoms with E-state index in [1.54, 1.807) is 4.90 Å². The smallest absolute Gasteiger partial charge is 0.279 e. The highest BCUT2D eigenvalue weighted by Gasteiger charge is 2.23. The van der Waals surface area contributed by atoms with Crippen molar-refractivity contribution in [1.29, 1.82) is 0 Å². The lowest BCUT2D eigenvalue weighted by molar-refractivity contribution is -0.903. The fourth-order valence-corrected chi connectivity index (χ4v) is 3.85. The van der Waals surface area contributed by atoms with Gasteiger partial charge in [-0.25, -0.2) is 0 Å². The van der Waals surface area contributed by atoms with Gasteiger partial charge in [0.2, 0.25) is 0 Å². The molecule has 1 aromatic rings. The van der Waals surface area contributed by atoms with Gasteiger partial charge in [0.05, 0.1) is 26.7 Å². The van der Waals surface area contributed by atoms with Crippen LogP contribution >= 0.6 is 15.9 Å². The van der Waals surface area contributed by atoms with E-state index in [1.807, 2.05) is 32.2 Å². The number of piperidine rings is 1. The lowest BCUT2D eigenvalue weighted by atomic mass is 10.1. The number of benzene rings is 1. The molecule has 1 atom stereocenters.